The number of aliphatic hydroxyl groups excluding tert-OH is 1. The molecule has 1 heterocycles. The summed E-state index contributed by atoms with van der Waals surface area (Å²) in [5.74, 6) is 0.600. The Labute approximate surface area is 152 Å². The van der Waals surface area contributed by atoms with Crippen LogP contribution in [0.25, 0.3) is 11.3 Å². The number of rotatable bonds is 8. The minimum Gasteiger partial charge on any atom is -0.490 e. The van der Waals surface area contributed by atoms with E-state index < -0.39 is 6.10 Å². The van der Waals surface area contributed by atoms with E-state index in [1.165, 1.54) is 0 Å². The number of ether oxygens (including phenoxy) is 1. The van der Waals surface area contributed by atoms with Crippen molar-refractivity contribution in [2.75, 3.05) is 13.2 Å². The predicted molar refractivity (Wildman–Crippen MR) is 98.8 cm³/mol. The molecular formula is C18H22N4O2S. The lowest BCUT2D eigenvalue weighted by molar-refractivity contribution is 0.105. The molecule has 0 aliphatic carbocycles. The molecule has 0 aliphatic rings. The molecule has 0 saturated carbocycles. The summed E-state index contributed by atoms with van der Waals surface area (Å²) in [5, 5.41) is 29.1. The molecule has 6 nitrogen and oxygen atoms in total. The van der Waals surface area contributed by atoms with Crippen LogP contribution in [0.4, 0.5) is 0 Å². The number of benzene rings is 1. The molecule has 2 aromatic rings. The van der Waals surface area contributed by atoms with Gasteiger partial charge in [0.1, 0.15) is 23.1 Å². The Hall–Kier alpha value is -2.27. The van der Waals surface area contributed by atoms with E-state index in [2.05, 4.69) is 21.6 Å². The van der Waals surface area contributed by atoms with Crippen molar-refractivity contribution >= 4 is 12.2 Å². The van der Waals surface area contributed by atoms with Crippen LogP contribution >= 0.6 is 12.2 Å². The monoisotopic (exact) mass is 358 g/mol. The molecule has 0 saturated heterocycles. The summed E-state index contributed by atoms with van der Waals surface area (Å²) >= 11 is 5.02. The lowest BCUT2D eigenvalue weighted by atomic mass is 10.0. The molecule has 0 amide bonds. The summed E-state index contributed by atoms with van der Waals surface area (Å²) in [6.07, 6.45) is -0.319. The standard InChI is InChI=1S/C18H22N4O2S/c1-12(2)20-10-14(23)11-24-17-5-3-13(7-8-19)9-15(17)16-4-6-18(25)22-21-16/h3-6,9,12,14,20,23H,7,10-11H2,1-2H3,(H,22,25). The number of hydrogen-bond donors (Lipinski definition) is 3. The summed E-state index contributed by atoms with van der Waals surface area (Å²) in [4.78, 5) is 0. The lowest BCUT2D eigenvalue weighted by Gasteiger charge is -2.17. The van der Waals surface area contributed by atoms with Crippen LogP contribution in [0.2, 0.25) is 0 Å². The maximum absolute atomic E-state index is 10.0. The Morgan fingerprint density at radius 2 is 2.16 bits per heavy atom. The van der Waals surface area contributed by atoms with Gasteiger partial charge >= 0.3 is 0 Å². The summed E-state index contributed by atoms with van der Waals surface area (Å²) in [7, 11) is 0. The highest BCUT2D eigenvalue weighted by Gasteiger charge is 2.12. The fraction of sp³-hybridized carbons (Fsp3) is 0.389. The minimum absolute atomic E-state index is 0.160. The summed E-state index contributed by atoms with van der Waals surface area (Å²) in [5.41, 5.74) is 2.29. The van der Waals surface area contributed by atoms with Crippen molar-refractivity contribution in [3.63, 3.8) is 0 Å². The highest BCUT2D eigenvalue weighted by Crippen LogP contribution is 2.29. The highest BCUT2D eigenvalue weighted by atomic mass is 32.1. The van der Waals surface area contributed by atoms with Crippen molar-refractivity contribution in [3.8, 4) is 23.1 Å². The van der Waals surface area contributed by atoms with Crippen molar-refractivity contribution < 1.29 is 9.84 Å². The van der Waals surface area contributed by atoms with Gasteiger partial charge in [-0.15, -0.1) is 0 Å². The number of aromatic amines is 1. The van der Waals surface area contributed by atoms with Crippen LogP contribution < -0.4 is 10.1 Å². The van der Waals surface area contributed by atoms with Crippen LogP contribution in [0.15, 0.2) is 30.3 Å². The van der Waals surface area contributed by atoms with Crippen LogP contribution in [0.5, 0.6) is 5.75 Å². The van der Waals surface area contributed by atoms with Crippen molar-refractivity contribution in [3.05, 3.63) is 40.5 Å². The second-order valence-corrected chi connectivity index (χ2v) is 6.44. The Kier molecular flexibility index (Phi) is 7.07. The van der Waals surface area contributed by atoms with Gasteiger partial charge in [-0.25, -0.2) is 0 Å². The third-order valence-electron chi connectivity index (χ3n) is 3.48. The Morgan fingerprint density at radius 3 is 2.80 bits per heavy atom. The normalized spacial score (nSPS) is 12.0. The highest BCUT2D eigenvalue weighted by molar-refractivity contribution is 7.71. The third-order valence-corrected chi connectivity index (χ3v) is 3.70. The molecule has 132 valence electrons. The van der Waals surface area contributed by atoms with Gasteiger partial charge in [0.25, 0.3) is 0 Å². The third kappa shape index (κ3) is 5.94. The molecule has 1 aromatic carbocycles. The first-order valence-electron chi connectivity index (χ1n) is 8.10. The molecule has 1 aromatic heterocycles. The van der Waals surface area contributed by atoms with Gasteiger partial charge in [0.15, 0.2) is 0 Å². The van der Waals surface area contributed by atoms with Gasteiger partial charge in [0.05, 0.1) is 18.2 Å². The first-order chi connectivity index (χ1) is 12.0. The fourth-order valence-electron chi connectivity index (χ4n) is 2.22. The predicted octanol–water partition coefficient (Wildman–Crippen LogP) is 2.61. The molecule has 0 fully saturated rings. The maximum atomic E-state index is 10.0. The number of nitrogens with zero attached hydrogens (tertiary/aromatic N) is 2. The molecule has 0 spiro atoms. The van der Waals surface area contributed by atoms with Crippen LogP contribution in [0.3, 0.4) is 0 Å². The largest absolute Gasteiger partial charge is 0.490 e. The second kappa shape index (κ2) is 9.28. The van der Waals surface area contributed by atoms with Crippen molar-refractivity contribution in [2.45, 2.75) is 32.4 Å². The van der Waals surface area contributed by atoms with Gasteiger partial charge in [-0.3, -0.25) is 5.10 Å². The summed E-state index contributed by atoms with van der Waals surface area (Å²) in [6, 6.07) is 11.5. The van der Waals surface area contributed by atoms with E-state index in [0.29, 0.717) is 35.1 Å². The van der Waals surface area contributed by atoms with Gasteiger partial charge in [-0.2, -0.15) is 10.4 Å². The number of H-pyrrole nitrogens is 1. The van der Waals surface area contributed by atoms with E-state index in [1.54, 1.807) is 18.2 Å². The van der Waals surface area contributed by atoms with E-state index in [9.17, 15) is 5.11 Å². The van der Waals surface area contributed by atoms with Crippen LogP contribution in [0, 0.1) is 16.0 Å². The first kappa shape index (κ1) is 19.1. The number of aliphatic hydroxyl groups is 1. The Bertz CT molecular complexity index is 778. The van der Waals surface area contributed by atoms with Crippen LogP contribution in [-0.2, 0) is 6.42 Å². The zero-order valence-electron chi connectivity index (χ0n) is 14.3. The smallest absolute Gasteiger partial charge is 0.128 e. The van der Waals surface area contributed by atoms with E-state index >= 15 is 0 Å². The van der Waals surface area contributed by atoms with Crippen LogP contribution in [-0.4, -0.2) is 40.6 Å². The van der Waals surface area contributed by atoms with Crippen molar-refractivity contribution in [2.24, 2.45) is 0 Å². The van der Waals surface area contributed by atoms with Gasteiger partial charge in [0.2, 0.25) is 0 Å². The molecule has 2 rings (SSSR count). The quantitative estimate of drug-likeness (QED) is 0.628. The van der Waals surface area contributed by atoms with E-state index in [1.807, 2.05) is 26.0 Å². The van der Waals surface area contributed by atoms with Crippen molar-refractivity contribution in [1.29, 1.82) is 5.26 Å². The van der Waals surface area contributed by atoms with Crippen molar-refractivity contribution in [1.82, 2.24) is 15.5 Å². The molecule has 0 radical (unpaired) electrons. The molecule has 25 heavy (non-hydrogen) atoms. The minimum atomic E-state index is -0.622. The summed E-state index contributed by atoms with van der Waals surface area (Å²) < 4.78 is 6.33. The average molecular weight is 358 g/mol. The van der Waals surface area contributed by atoms with Gasteiger partial charge in [0, 0.05) is 18.2 Å². The average Bonchev–Trinajstić information content (AvgIpc) is 2.59. The van der Waals surface area contributed by atoms with Gasteiger partial charge in [-0.1, -0.05) is 32.1 Å². The van der Waals surface area contributed by atoms with Gasteiger partial charge < -0.3 is 15.2 Å². The Balaban J connectivity index is 2.20. The SMILES string of the molecule is CC(C)NCC(O)COc1ccc(CC#N)cc1-c1ccc(=S)[nH]n1. The van der Waals surface area contributed by atoms with E-state index in [-0.39, 0.29) is 6.61 Å². The fourth-order valence-corrected chi connectivity index (χ4v) is 2.33. The maximum Gasteiger partial charge on any atom is 0.128 e. The van der Waals surface area contributed by atoms with E-state index in [0.717, 1.165) is 11.1 Å². The molecule has 1 unspecified atom stereocenters. The number of nitriles is 1. The molecule has 0 bridgehead atoms. The molecule has 3 N–H and O–H groups in total. The lowest BCUT2D eigenvalue weighted by Crippen LogP contribution is -2.35. The number of aromatic nitrogens is 2. The zero-order chi connectivity index (χ0) is 18.2. The van der Waals surface area contributed by atoms with Crippen LogP contribution in [0.1, 0.15) is 19.4 Å². The zero-order valence-corrected chi connectivity index (χ0v) is 15.1. The first-order valence-corrected chi connectivity index (χ1v) is 8.50. The summed E-state index contributed by atoms with van der Waals surface area (Å²) in [6.45, 7) is 4.65. The molecule has 7 heteroatoms. The second-order valence-electron chi connectivity index (χ2n) is 6.00. The Morgan fingerprint density at radius 1 is 1.36 bits per heavy atom. The topological polar surface area (TPSA) is 94.0 Å². The van der Waals surface area contributed by atoms with E-state index in [4.69, 9.17) is 22.2 Å². The molecular weight excluding hydrogens is 336 g/mol. The molecule has 1 atom stereocenters. The van der Waals surface area contributed by atoms with Gasteiger partial charge in [-0.05, 0) is 29.8 Å². The number of hydrogen-bond acceptors (Lipinski definition) is 6. The number of nitrogens with one attached hydrogen (secondary N) is 2. The molecule has 0 aliphatic heterocycles.